The van der Waals surface area contributed by atoms with Crippen LogP contribution < -0.4 is 16.2 Å². The van der Waals surface area contributed by atoms with Crippen LogP contribution in [0, 0.1) is 5.92 Å². The summed E-state index contributed by atoms with van der Waals surface area (Å²) in [5.74, 6) is -3.17. The molecular weight excluding hydrogens is 278 g/mol. The first kappa shape index (κ1) is 14.5. The predicted octanol–water partition coefficient (Wildman–Crippen LogP) is -0.421. The minimum Gasteiger partial charge on any atom is -0.465 e. The van der Waals surface area contributed by atoms with Gasteiger partial charge in [-0.15, -0.1) is 0 Å². The molecule has 0 aliphatic carbocycles. The molecular formula is C13H13N3O5. The van der Waals surface area contributed by atoms with E-state index >= 15 is 0 Å². The average molecular weight is 291 g/mol. The van der Waals surface area contributed by atoms with Gasteiger partial charge >= 0.3 is 5.97 Å². The summed E-state index contributed by atoms with van der Waals surface area (Å²) in [5.41, 5.74) is 4.94. The van der Waals surface area contributed by atoms with Crippen molar-refractivity contribution in [1.82, 2.24) is 10.9 Å². The van der Waals surface area contributed by atoms with Crippen molar-refractivity contribution in [1.29, 1.82) is 0 Å². The van der Waals surface area contributed by atoms with Gasteiger partial charge in [0.25, 0.3) is 11.8 Å². The van der Waals surface area contributed by atoms with Gasteiger partial charge in [0.05, 0.1) is 12.7 Å². The third-order valence-electron chi connectivity index (χ3n) is 2.90. The van der Waals surface area contributed by atoms with Crippen molar-refractivity contribution in [2.45, 2.75) is 6.42 Å². The number of hydrazine groups is 1. The molecule has 0 atom stereocenters. The van der Waals surface area contributed by atoms with Crippen LogP contribution in [0.1, 0.15) is 16.8 Å². The van der Waals surface area contributed by atoms with Gasteiger partial charge < -0.3 is 10.1 Å². The molecule has 1 saturated heterocycles. The summed E-state index contributed by atoms with van der Waals surface area (Å²) < 4.78 is 4.57. The second-order valence-electron chi connectivity index (χ2n) is 4.36. The maximum atomic E-state index is 11.8. The fourth-order valence-corrected chi connectivity index (χ4v) is 1.84. The molecule has 3 amide bonds. The van der Waals surface area contributed by atoms with E-state index in [1.807, 2.05) is 0 Å². The third kappa shape index (κ3) is 3.35. The Morgan fingerprint density at radius 2 is 1.90 bits per heavy atom. The second kappa shape index (κ2) is 6.04. The van der Waals surface area contributed by atoms with Gasteiger partial charge in [-0.3, -0.25) is 25.2 Å². The van der Waals surface area contributed by atoms with Gasteiger partial charge in [-0.1, -0.05) is 6.07 Å². The topological polar surface area (TPSA) is 114 Å². The van der Waals surface area contributed by atoms with Crippen LogP contribution in [0.3, 0.4) is 0 Å². The number of methoxy groups -OCH3 is 1. The number of nitrogens with one attached hydrogen (secondary N) is 3. The molecule has 0 saturated carbocycles. The summed E-state index contributed by atoms with van der Waals surface area (Å²) in [6.07, 6.45) is -0.278. The number of esters is 1. The van der Waals surface area contributed by atoms with E-state index in [4.69, 9.17) is 0 Å². The van der Waals surface area contributed by atoms with E-state index in [1.54, 1.807) is 18.2 Å². The Kier molecular flexibility index (Phi) is 4.17. The van der Waals surface area contributed by atoms with Gasteiger partial charge in [-0.2, -0.15) is 0 Å². The third-order valence-corrected chi connectivity index (χ3v) is 2.90. The highest BCUT2D eigenvalue weighted by molar-refractivity contribution is 6.09. The zero-order valence-electron chi connectivity index (χ0n) is 11.1. The molecule has 8 heteroatoms. The zero-order chi connectivity index (χ0) is 15.4. The molecule has 110 valence electrons. The van der Waals surface area contributed by atoms with E-state index < -0.39 is 29.6 Å². The first-order valence-electron chi connectivity index (χ1n) is 6.09. The number of carbonyl (C=O) groups excluding carboxylic acids is 4. The Balaban J connectivity index is 2.01. The number of amides is 3. The molecule has 1 fully saturated rings. The highest BCUT2D eigenvalue weighted by atomic mass is 16.5. The molecule has 1 aliphatic rings. The van der Waals surface area contributed by atoms with E-state index in [1.165, 1.54) is 13.2 Å². The molecule has 0 aromatic heterocycles. The molecule has 1 aromatic rings. The Morgan fingerprint density at radius 3 is 2.52 bits per heavy atom. The highest BCUT2D eigenvalue weighted by Crippen LogP contribution is 2.14. The molecule has 1 aromatic carbocycles. The van der Waals surface area contributed by atoms with Crippen LogP contribution in [-0.2, 0) is 19.1 Å². The normalized spacial score (nSPS) is 14.3. The van der Waals surface area contributed by atoms with Gasteiger partial charge in [-0.05, 0) is 18.2 Å². The van der Waals surface area contributed by atoms with Crippen LogP contribution in [0.15, 0.2) is 24.3 Å². The van der Waals surface area contributed by atoms with Gasteiger partial charge in [0.1, 0.15) is 5.92 Å². The van der Waals surface area contributed by atoms with E-state index in [9.17, 15) is 19.2 Å². The molecule has 3 N–H and O–H groups in total. The van der Waals surface area contributed by atoms with Crippen molar-refractivity contribution in [2.24, 2.45) is 5.92 Å². The molecule has 8 nitrogen and oxygen atoms in total. The Bertz CT molecular complexity index is 598. The lowest BCUT2D eigenvalue weighted by molar-refractivity contribution is -0.131. The summed E-state index contributed by atoms with van der Waals surface area (Å²) in [5, 5.41) is 2.52. The van der Waals surface area contributed by atoms with Crippen molar-refractivity contribution in [3.63, 3.8) is 0 Å². The van der Waals surface area contributed by atoms with Gasteiger partial charge in [0.2, 0.25) is 5.91 Å². The fraction of sp³-hybridized carbons (Fsp3) is 0.231. The molecule has 1 aliphatic heterocycles. The van der Waals surface area contributed by atoms with E-state index in [0.29, 0.717) is 5.69 Å². The number of rotatable bonds is 4. The quantitative estimate of drug-likeness (QED) is 0.515. The number of anilines is 1. The average Bonchev–Trinajstić information content (AvgIpc) is 2.78. The Hall–Kier alpha value is -2.90. The van der Waals surface area contributed by atoms with Gasteiger partial charge in [0, 0.05) is 12.1 Å². The van der Waals surface area contributed by atoms with Crippen molar-refractivity contribution in [3.05, 3.63) is 29.8 Å². The molecule has 2 rings (SSSR count). The minimum atomic E-state index is -1.05. The summed E-state index contributed by atoms with van der Waals surface area (Å²) in [4.78, 5) is 45.8. The number of benzene rings is 1. The zero-order valence-corrected chi connectivity index (χ0v) is 11.1. The van der Waals surface area contributed by atoms with E-state index in [0.717, 1.165) is 0 Å². The maximum Gasteiger partial charge on any atom is 0.337 e. The lowest BCUT2D eigenvalue weighted by Gasteiger charge is -2.08. The molecule has 0 radical (unpaired) electrons. The standard InChI is InChI=1S/C13H13N3O5/c1-21-13(20)7-3-2-4-8(5-7)14-10(17)6-9-11(18)15-16-12(9)19/h2-5,9H,6H2,1H3,(H,14,17)(H,15,18)(H,16,19). The monoisotopic (exact) mass is 291 g/mol. The van der Waals surface area contributed by atoms with Crippen molar-refractivity contribution < 1.29 is 23.9 Å². The van der Waals surface area contributed by atoms with Crippen LogP contribution in [-0.4, -0.2) is 30.8 Å². The molecule has 0 bridgehead atoms. The van der Waals surface area contributed by atoms with Crippen LogP contribution in [0.5, 0.6) is 0 Å². The van der Waals surface area contributed by atoms with Gasteiger partial charge in [-0.25, -0.2) is 4.79 Å². The lowest BCUT2D eigenvalue weighted by atomic mass is 10.1. The predicted molar refractivity (Wildman–Crippen MR) is 70.8 cm³/mol. The highest BCUT2D eigenvalue weighted by Gasteiger charge is 2.34. The van der Waals surface area contributed by atoms with Crippen LogP contribution in [0.25, 0.3) is 0 Å². The summed E-state index contributed by atoms with van der Waals surface area (Å²) >= 11 is 0. The summed E-state index contributed by atoms with van der Waals surface area (Å²) in [6, 6.07) is 6.15. The maximum absolute atomic E-state index is 11.8. The van der Waals surface area contributed by atoms with Crippen LogP contribution in [0.4, 0.5) is 5.69 Å². The minimum absolute atomic E-state index is 0.278. The molecule has 0 spiro atoms. The van der Waals surface area contributed by atoms with Gasteiger partial charge in [0.15, 0.2) is 0 Å². The smallest absolute Gasteiger partial charge is 0.337 e. The van der Waals surface area contributed by atoms with Crippen molar-refractivity contribution >= 4 is 29.4 Å². The molecule has 21 heavy (non-hydrogen) atoms. The number of ether oxygens (including phenoxy) is 1. The van der Waals surface area contributed by atoms with E-state index in [-0.39, 0.29) is 12.0 Å². The summed E-state index contributed by atoms with van der Waals surface area (Å²) in [7, 11) is 1.25. The second-order valence-corrected chi connectivity index (χ2v) is 4.36. The Morgan fingerprint density at radius 1 is 1.24 bits per heavy atom. The van der Waals surface area contributed by atoms with E-state index in [2.05, 4.69) is 20.9 Å². The molecule has 0 unspecified atom stereocenters. The van der Waals surface area contributed by atoms with Crippen LogP contribution >= 0.6 is 0 Å². The SMILES string of the molecule is COC(=O)c1cccc(NC(=O)CC2C(=O)NNC2=O)c1. The van der Waals surface area contributed by atoms with Crippen LogP contribution in [0.2, 0.25) is 0 Å². The first-order chi connectivity index (χ1) is 10.0. The number of hydrogen-bond acceptors (Lipinski definition) is 5. The van der Waals surface area contributed by atoms with Crippen molar-refractivity contribution in [2.75, 3.05) is 12.4 Å². The van der Waals surface area contributed by atoms with Crippen molar-refractivity contribution in [3.8, 4) is 0 Å². The Labute approximate surface area is 119 Å². The lowest BCUT2D eigenvalue weighted by Crippen LogP contribution is -2.28. The number of carbonyl (C=O) groups is 4. The largest absolute Gasteiger partial charge is 0.465 e. The number of hydrogen-bond donors (Lipinski definition) is 3. The first-order valence-corrected chi connectivity index (χ1v) is 6.09. The molecule has 1 heterocycles. The summed E-state index contributed by atoms with van der Waals surface area (Å²) in [6.45, 7) is 0. The fourth-order valence-electron chi connectivity index (χ4n) is 1.84.